The molecule has 0 radical (unpaired) electrons. The molecule has 1 unspecified atom stereocenters. The summed E-state index contributed by atoms with van der Waals surface area (Å²) in [6, 6.07) is 15.6. The number of nitrogens with zero attached hydrogens (tertiary/aromatic N) is 2. The fourth-order valence-electron chi connectivity index (χ4n) is 3.45. The van der Waals surface area contributed by atoms with E-state index in [0.717, 1.165) is 23.2 Å². The lowest BCUT2D eigenvalue weighted by atomic mass is 9.99. The van der Waals surface area contributed by atoms with Gasteiger partial charge in [0, 0.05) is 18.8 Å². The predicted octanol–water partition coefficient (Wildman–Crippen LogP) is 3.91. The second-order valence-electron chi connectivity index (χ2n) is 7.79. The van der Waals surface area contributed by atoms with E-state index in [4.69, 9.17) is 10.5 Å². The van der Waals surface area contributed by atoms with Crippen LogP contribution in [-0.4, -0.2) is 45.0 Å². The number of nitrogens with two attached hydrogens (primary N) is 1. The van der Waals surface area contributed by atoms with Crippen LogP contribution in [0.1, 0.15) is 42.9 Å². The number of benzene rings is 2. The minimum absolute atomic E-state index is 0. The Morgan fingerprint density at radius 3 is 2.38 bits per heavy atom. The highest BCUT2D eigenvalue weighted by Gasteiger charge is 2.25. The van der Waals surface area contributed by atoms with Crippen LogP contribution in [0.15, 0.2) is 53.5 Å². The number of halogens is 1. The van der Waals surface area contributed by atoms with Gasteiger partial charge >= 0.3 is 0 Å². The van der Waals surface area contributed by atoms with Gasteiger partial charge in [-0.1, -0.05) is 50.2 Å². The first-order valence-electron chi connectivity index (χ1n) is 10.7. The highest BCUT2D eigenvalue weighted by Crippen LogP contribution is 2.21. The van der Waals surface area contributed by atoms with Crippen molar-refractivity contribution in [2.75, 3.05) is 31.6 Å². The standard InChI is InChI=1S/C23H32N4O3S.HI/c1-3-18(2)19-8-10-22(11-9-19)26-23(24)25-16-20-6-4-5-7-21(20)17-31(28,29)27-12-14-30-15-13-27;/h4-11,18H,3,12-17H2,1-2H3,(H3,24,25,26);1H. The zero-order valence-electron chi connectivity index (χ0n) is 18.7. The summed E-state index contributed by atoms with van der Waals surface area (Å²) in [4.78, 5) is 4.42. The van der Waals surface area contributed by atoms with Gasteiger partial charge in [0.2, 0.25) is 10.0 Å². The molecule has 0 aliphatic carbocycles. The molecule has 176 valence electrons. The zero-order chi connectivity index (χ0) is 22.3. The van der Waals surface area contributed by atoms with Gasteiger partial charge in [-0.3, -0.25) is 0 Å². The molecule has 2 aromatic rings. The second-order valence-corrected chi connectivity index (χ2v) is 9.76. The van der Waals surface area contributed by atoms with Crippen molar-refractivity contribution < 1.29 is 13.2 Å². The number of nitrogens with one attached hydrogen (secondary N) is 1. The smallest absolute Gasteiger partial charge is 0.218 e. The number of morpholine rings is 1. The van der Waals surface area contributed by atoms with Crippen molar-refractivity contribution in [1.29, 1.82) is 0 Å². The van der Waals surface area contributed by atoms with Gasteiger partial charge in [0.05, 0.1) is 25.5 Å². The van der Waals surface area contributed by atoms with E-state index >= 15 is 0 Å². The third-order valence-corrected chi connectivity index (χ3v) is 7.43. The summed E-state index contributed by atoms with van der Waals surface area (Å²) in [7, 11) is -3.40. The predicted molar refractivity (Wildman–Crippen MR) is 141 cm³/mol. The Morgan fingerprint density at radius 1 is 1.12 bits per heavy atom. The Bertz CT molecular complexity index is 991. The molecule has 3 N–H and O–H groups in total. The summed E-state index contributed by atoms with van der Waals surface area (Å²) in [6.45, 7) is 6.35. The average Bonchev–Trinajstić information content (AvgIpc) is 2.79. The first kappa shape index (κ1) is 26.6. The van der Waals surface area contributed by atoms with E-state index < -0.39 is 10.0 Å². The van der Waals surface area contributed by atoms with Crippen molar-refractivity contribution in [1.82, 2.24) is 4.31 Å². The molecular weight excluding hydrogens is 539 g/mol. The summed E-state index contributed by atoms with van der Waals surface area (Å²) in [5.41, 5.74) is 9.82. The number of hydrogen-bond acceptors (Lipinski definition) is 4. The number of hydrogen-bond donors (Lipinski definition) is 2. The number of ether oxygens (including phenoxy) is 1. The molecule has 1 aliphatic rings. The van der Waals surface area contributed by atoms with Gasteiger partial charge in [-0.2, -0.15) is 4.31 Å². The minimum atomic E-state index is -3.40. The molecule has 0 spiro atoms. The van der Waals surface area contributed by atoms with Gasteiger partial charge in [-0.05, 0) is 41.2 Å². The SMILES string of the molecule is CCC(C)c1ccc(NC(N)=NCc2ccccc2CS(=O)(=O)N2CCOCC2)cc1.I. The first-order valence-corrected chi connectivity index (χ1v) is 12.3. The molecule has 7 nitrogen and oxygen atoms in total. The maximum Gasteiger partial charge on any atom is 0.218 e. The van der Waals surface area contributed by atoms with Crippen molar-refractivity contribution in [3.63, 3.8) is 0 Å². The van der Waals surface area contributed by atoms with Crippen molar-refractivity contribution in [2.45, 2.75) is 38.5 Å². The molecule has 1 atom stereocenters. The van der Waals surface area contributed by atoms with Crippen LogP contribution < -0.4 is 11.1 Å². The van der Waals surface area contributed by atoms with Gasteiger partial charge in [0.15, 0.2) is 5.96 Å². The van der Waals surface area contributed by atoms with Gasteiger partial charge < -0.3 is 15.8 Å². The third-order valence-electron chi connectivity index (χ3n) is 5.60. The molecule has 0 aromatic heterocycles. The monoisotopic (exact) mass is 572 g/mol. The number of sulfonamides is 1. The molecule has 0 saturated carbocycles. The maximum absolute atomic E-state index is 12.8. The van der Waals surface area contributed by atoms with Crippen molar-refractivity contribution in [3.8, 4) is 0 Å². The fraction of sp³-hybridized carbons (Fsp3) is 0.435. The normalized spacial score (nSPS) is 16.2. The van der Waals surface area contributed by atoms with E-state index in [1.165, 1.54) is 9.87 Å². The summed E-state index contributed by atoms with van der Waals surface area (Å²) in [5, 5.41) is 3.10. The highest BCUT2D eigenvalue weighted by atomic mass is 127. The largest absolute Gasteiger partial charge is 0.379 e. The Morgan fingerprint density at radius 2 is 1.75 bits per heavy atom. The topological polar surface area (TPSA) is 97.0 Å². The molecule has 1 fully saturated rings. The van der Waals surface area contributed by atoms with Crippen LogP contribution in [0, 0.1) is 0 Å². The molecule has 0 bridgehead atoms. The van der Waals surface area contributed by atoms with Crippen LogP contribution in [0.5, 0.6) is 0 Å². The second kappa shape index (κ2) is 12.5. The third kappa shape index (κ3) is 7.43. The summed E-state index contributed by atoms with van der Waals surface area (Å²) >= 11 is 0. The molecular formula is C23H33IN4O3S. The maximum atomic E-state index is 12.8. The molecule has 3 rings (SSSR count). The van der Waals surface area contributed by atoms with Crippen LogP contribution in [-0.2, 0) is 27.1 Å². The van der Waals surface area contributed by atoms with Gasteiger partial charge in [0.25, 0.3) is 0 Å². The lowest BCUT2D eigenvalue weighted by Crippen LogP contribution is -2.41. The fourth-order valence-corrected chi connectivity index (χ4v) is 5.02. The van der Waals surface area contributed by atoms with Crippen LogP contribution in [0.3, 0.4) is 0 Å². The molecule has 2 aromatic carbocycles. The minimum Gasteiger partial charge on any atom is -0.379 e. The van der Waals surface area contributed by atoms with Gasteiger partial charge in [-0.15, -0.1) is 24.0 Å². The molecule has 0 amide bonds. The summed E-state index contributed by atoms with van der Waals surface area (Å²) < 4.78 is 32.3. The Labute approximate surface area is 208 Å². The molecule has 1 aliphatic heterocycles. The van der Waals surface area contributed by atoms with Crippen LogP contribution in [0.4, 0.5) is 5.69 Å². The average molecular weight is 573 g/mol. The number of anilines is 1. The van der Waals surface area contributed by atoms with Crippen LogP contribution in [0.2, 0.25) is 0 Å². The van der Waals surface area contributed by atoms with Crippen molar-refractivity contribution in [3.05, 3.63) is 65.2 Å². The molecule has 32 heavy (non-hydrogen) atoms. The van der Waals surface area contributed by atoms with E-state index in [9.17, 15) is 8.42 Å². The van der Waals surface area contributed by atoms with E-state index in [-0.39, 0.29) is 29.7 Å². The number of rotatable bonds is 8. The zero-order valence-corrected chi connectivity index (χ0v) is 21.8. The Kier molecular flexibility index (Phi) is 10.4. The van der Waals surface area contributed by atoms with Crippen LogP contribution >= 0.6 is 24.0 Å². The van der Waals surface area contributed by atoms with Gasteiger partial charge in [0.1, 0.15) is 0 Å². The lowest BCUT2D eigenvalue weighted by Gasteiger charge is -2.26. The highest BCUT2D eigenvalue weighted by molar-refractivity contribution is 14.0. The molecule has 1 heterocycles. The molecule has 1 saturated heterocycles. The van der Waals surface area contributed by atoms with E-state index in [0.29, 0.717) is 44.7 Å². The van der Waals surface area contributed by atoms with Crippen LogP contribution in [0.25, 0.3) is 0 Å². The van der Waals surface area contributed by atoms with E-state index in [1.54, 1.807) is 0 Å². The Balaban J connectivity index is 0.00000363. The van der Waals surface area contributed by atoms with E-state index in [2.05, 4.69) is 36.3 Å². The lowest BCUT2D eigenvalue weighted by molar-refractivity contribution is 0.0729. The van der Waals surface area contributed by atoms with E-state index in [1.807, 2.05) is 36.4 Å². The Hall–Kier alpha value is -1.69. The van der Waals surface area contributed by atoms with Crippen molar-refractivity contribution >= 4 is 45.6 Å². The quantitative estimate of drug-likeness (QED) is 0.284. The number of guanidine groups is 1. The summed E-state index contributed by atoms with van der Waals surface area (Å²) in [6.07, 6.45) is 1.09. The number of aliphatic imine (C=N–C) groups is 1. The molecule has 9 heteroatoms. The first-order chi connectivity index (χ1) is 14.9. The van der Waals surface area contributed by atoms with Crippen molar-refractivity contribution in [2.24, 2.45) is 10.7 Å². The summed E-state index contributed by atoms with van der Waals surface area (Å²) in [5.74, 6) is 0.760. The van der Waals surface area contributed by atoms with Gasteiger partial charge in [-0.25, -0.2) is 13.4 Å².